The highest BCUT2D eigenvalue weighted by Gasteiger charge is 2.09. The summed E-state index contributed by atoms with van der Waals surface area (Å²) < 4.78 is 5.09. The van der Waals surface area contributed by atoms with Crippen molar-refractivity contribution >= 4 is 0 Å². The maximum Gasteiger partial charge on any atom is 0.160 e. The highest BCUT2D eigenvalue weighted by molar-refractivity contribution is 5.41. The summed E-state index contributed by atoms with van der Waals surface area (Å²) in [6.07, 6.45) is 3.88. The van der Waals surface area contributed by atoms with E-state index in [4.69, 9.17) is 4.74 Å². The number of phenolic OH excluding ortho intramolecular Hbond substituents is 1. The first kappa shape index (κ1) is 12.2. The minimum absolute atomic E-state index is 0.189. The van der Waals surface area contributed by atoms with Crippen molar-refractivity contribution in [3.05, 3.63) is 23.8 Å². The summed E-state index contributed by atoms with van der Waals surface area (Å²) in [4.78, 5) is 0. The molecule has 2 N–H and O–H groups in total. The molecule has 0 spiro atoms. The third-order valence-electron chi connectivity index (χ3n) is 3.11. The Kier molecular flexibility index (Phi) is 4.23. The first-order chi connectivity index (χ1) is 8.29. The molecule has 0 unspecified atom stereocenters. The highest BCUT2D eigenvalue weighted by atomic mass is 16.5. The number of aromatic hydroxyl groups is 1. The number of piperidine rings is 1. The fraction of sp³-hybridized carbons (Fsp3) is 0.538. The summed E-state index contributed by atoms with van der Waals surface area (Å²) in [5, 5.41) is 11.8. The fourth-order valence-corrected chi connectivity index (χ4v) is 2.09. The van der Waals surface area contributed by atoms with E-state index in [-0.39, 0.29) is 5.75 Å². The molecule has 1 fully saturated rings. The van der Waals surface area contributed by atoms with Gasteiger partial charge in [0, 0.05) is 19.6 Å². The van der Waals surface area contributed by atoms with Crippen molar-refractivity contribution in [1.82, 2.24) is 10.4 Å². The van der Waals surface area contributed by atoms with Crippen LogP contribution in [0.25, 0.3) is 0 Å². The summed E-state index contributed by atoms with van der Waals surface area (Å²) >= 11 is 0. The molecule has 0 saturated carbocycles. The first-order valence-electron chi connectivity index (χ1n) is 6.14. The van der Waals surface area contributed by atoms with E-state index in [0.717, 1.165) is 25.2 Å². The molecule has 1 aromatic rings. The highest BCUT2D eigenvalue weighted by Crippen LogP contribution is 2.26. The van der Waals surface area contributed by atoms with Crippen molar-refractivity contribution in [2.75, 3.05) is 20.2 Å². The van der Waals surface area contributed by atoms with Gasteiger partial charge in [-0.25, -0.2) is 5.01 Å². The average Bonchev–Trinajstić information content (AvgIpc) is 2.39. The van der Waals surface area contributed by atoms with Crippen LogP contribution in [0.1, 0.15) is 24.8 Å². The zero-order chi connectivity index (χ0) is 12.1. The van der Waals surface area contributed by atoms with Gasteiger partial charge < -0.3 is 9.84 Å². The summed E-state index contributed by atoms with van der Waals surface area (Å²) in [5.74, 6) is 0.720. The van der Waals surface area contributed by atoms with Gasteiger partial charge in [0.05, 0.1) is 7.11 Å². The molecule has 0 aliphatic carbocycles. The Hall–Kier alpha value is -1.26. The molecule has 0 bridgehead atoms. The molecular formula is C13H20N2O2. The smallest absolute Gasteiger partial charge is 0.160 e. The molecular weight excluding hydrogens is 216 g/mol. The maximum absolute atomic E-state index is 9.50. The van der Waals surface area contributed by atoms with E-state index in [1.807, 2.05) is 12.1 Å². The van der Waals surface area contributed by atoms with Crippen LogP contribution in [0.15, 0.2) is 18.2 Å². The molecule has 17 heavy (non-hydrogen) atoms. The van der Waals surface area contributed by atoms with Gasteiger partial charge in [-0.1, -0.05) is 12.5 Å². The SMILES string of the molecule is COc1cc(CNN2CCCCC2)ccc1O. The van der Waals surface area contributed by atoms with Crippen LogP contribution >= 0.6 is 0 Å². The van der Waals surface area contributed by atoms with Crippen LogP contribution in [0.3, 0.4) is 0 Å². The fourth-order valence-electron chi connectivity index (χ4n) is 2.09. The van der Waals surface area contributed by atoms with Crippen molar-refractivity contribution in [1.29, 1.82) is 0 Å². The molecule has 2 rings (SSSR count). The summed E-state index contributed by atoms with van der Waals surface area (Å²) in [6, 6.07) is 5.45. The van der Waals surface area contributed by atoms with E-state index >= 15 is 0 Å². The zero-order valence-electron chi connectivity index (χ0n) is 10.3. The standard InChI is InChI=1S/C13H20N2O2/c1-17-13-9-11(5-6-12(13)16)10-14-15-7-3-2-4-8-15/h5-6,9,14,16H,2-4,7-8,10H2,1H3. The topological polar surface area (TPSA) is 44.7 Å². The molecule has 1 saturated heterocycles. The third-order valence-corrected chi connectivity index (χ3v) is 3.11. The minimum atomic E-state index is 0.189. The lowest BCUT2D eigenvalue weighted by atomic mass is 10.1. The number of methoxy groups -OCH3 is 1. The summed E-state index contributed by atoms with van der Waals surface area (Å²) in [7, 11) is 1.57. The molecule has 1 aromatic carbocycles. The molecule has 1 heterocycles. The van der Waals surface area contributed by atoms with Gasteiger partial charge in [-0.3, -0.25) is 5.43 Å². The number of hydrogen-bond acceptors (Lipinski definition) is 4. The van der Waals surface area contributed by atoms with Crippen LogP contribution < -0.4 is 10.2 Å². The molecule has 0 amide bonds. The lowest BCUT2D eigenvalue weighted by Crippen LogP contribution is -2.41. The lowest BCUT2D eigenvalue weighted by Gasteiger charge is -2.27. The number of ether oxygens (including phenoxy) is 1. The van der Waals surface area contributed by atoms with Crippen LogP contribution in [-0.4, -0.2) is 30.3 Å². The van der Waals surface area contributed by atoms with Gasteiger partial charge in [-0.05, 0) is 30.5 Å². The molecule has 1 aliphatic heterocycles. The Morgan fingerprint density at radius 2 is 2.06 bits per heavy atom. The normalized spacial score (nSPS) is 17.0. The third kappa shape index (κ3) is 3.35. The number of rotatable bonds is 4. The van der Waals surface area contributed by atoms with Crippen molar-refractivity contribution in [2.45, 2.75) is 25.8 Å². The van der Waals surface area contributed by atoms with E-state index in [1.165, 1.54) is 19.3 Å². The van der Waals surface area contributed by atoms with Gasteiger partial charge in [-0.2, -0.15) is 0 Å². The Labute approximate surface area is 102 Å². The second-order valence-electron chi connectivity index (χ2n) is 4.39. The van der Waals surface area contributed by atoms with Crippen LogP contribution in [0, 0.1) is 0 Å². The second kappa shape index (κ2) is 5.89. The number of nitrogens with zero attached hydrogens (tertiary/aromatic N) is 1. The maximum atomic E-state index is 9.50. The minimum Gasteiger partial charge on any atom is -0.504 e. The van der Waals surface area contributed by atoms with Crippen molar-refractivity contribution in [3.8, 4) is 11.5 Å². The predicted molar refractivity (Wildman–Crippen MR) is 66.9 cm³/mol. The Morgan fingerprint density at radius 3 is 2.76 bits per heavy atom. The molecule has 0 radical (unpaired) electrons. The van der Waals surface area contributed by atoms with Gasteiger partial charge in [0.1, 0.15) is 0 Å². The number of nitrogens with one attached hydrogen (secondary N) is 1. The van der Waals surface area contributed by atoms with Gasteiger partial charge in [-0.15, -0.1) is 0 Å². The summed E-state index contributed by atoms with van der Waals surface area (Å²) in [6.45, 7) is 3.01. The zero-order valence-corrected chi connectivity index (χ0v) is 10.3. The van der Waals surface area contributed by atoms with E-state index < -0.39 is 0 Å². The molecule has 94 valence electrons. The summed E-state index contributed by atoms with van der Waals surface area (Å²) in [5.41, 5.74) is 4.52. The largest absolute Gasteiger partial charge is 0.504 e. The molecule has 4 heteroatoms. The number of benzene rings is 1. The van der Waals surface area contributed by atoms with Crippen molar-refractivity contribution in [2.24, 2.45) is 0 Å². The molecule has 0 atom stereocenters. The number of hydrogen-bond donors (Lipinski definition) is 2. The van der Waals surface area contributed by atoms with Gasteiger partial charge in [0.25, 0.3) is 0 Å². The quantitative estimate of drug-likeness (QED) is 0.838. The Bertz CT molecular complexity index is 362. The first-order valence-corrected chi connectivity index (χ1v) is 6.14. The van der Waals surface area contributed by atoms with Gasteiger partial charge in [0.2, 0.25) is 0 Å². The monoisotopic (exact) mass is 236 g/mol. The van der Waals surface area contributed by atoms with Crippen LogP contribution in [0.4, 0.5) is 0 Å². The van der Waals surface area contributed by atoms with Gasteiger partial charge in [0.15, 0.2) is 11.5 Å². The molecule has 0 aromatic heterocycles. The van der Waals surface area contributed by atoms with Crippen molar-refractivity contribution in [3.63, 3.8) is 0 Å². The Balaban J connectivity index is 1.89. The van der Waals surface area contributed by atoms with Crippen molar-refractivity contribution < 1.29 is 9.84 Å². The average molecular weight is 236 g/mol. The number of phenols is 1. The Morgan fingerprint density at radius 1 is 1.29 bits per heavy atom. The van der Waals surface area contributed by atoms with Gasteiger partial charge >= 0.3 is 0 Å². The predicted octanol–water partition coefficient (Wildman–Crippen LogP) is 1.89. The van der Waals surface area contributed by atoms with E-state index in [1.54, 1.807) is 13.2 Å². The number of hydrazine groups is 1. The van der Waals surface area contributed by atoms with E-state index in [2.05, 4.69) is 10.4 Å². The molecule has 4 nitrogen and oxygen atoms in total. The van der Waals surface area contributed by atoms with E-state index in [0.29, 0.717) is 5.75 Å². The van der Waals surface area contributed by atoms with Crippen LogP contribution in [0.2, 0.25) is 0 Å². The lowest BCUT2D eigenvalue weighted by molar-refractivity contribution is 0.151. The van der Waals surface area contributed by atoms with Crippen LogP contribution in [-0.2, 0) is 6.54 Å². The second-order valence-corrected chi connectivity index (χ2v) is 4.39. The molecule has 1 aliphatic rings. The van der Waals surface area contributed by atoms with Crippen LogP contribution in [0.5, 0.6) is 11.5 Å². The van der Waals surface area contributed by atoms with E-state index in [9.17, 15) is 5.11 Å².